The lowest BCUT2D eigenvalue weighted by atomic mass is 9.88. The van der Waals surface area contributed by atoms with Crippen molar-refractivity contribution in [1.82, 2.24) is 4.90 Å². The Balaban J connectivity index is 1.86. The van der Waals surface area contributed by atoms with Crippen LogP contribution in [0.5, 0.6) is 0 Å². The lowest BCUT2D eigenvalue weighted by Crippen LogP contribution is -2.54. The number of benzene rings is 1. The third-order valence-electron chi connectivity index (χ3n) is 4.32. The molecule has 1 aliphatic heterocycles. The Kier molecular flexibility index (Phi) is 3.26. The summed E-state index contributed by atoms with van der Waals surface area (Å²) in [5.74, 6) is 0.0916. The minimum Gasteiger partial charge on any atom is -0.480 e. The Bertz CT molecular complexity index is 600. The van der Waals surface area contributed by atoms with Gasteiger partial charge in [0.25, 0.3) is 0 Å². The van der Waals surface area contributed by atoms with Gasteiger partial charge in [0.2, 0.25) is 0 Å². The fourth-order valence-corrected chi connectivity index (χ4v) is 2.98. The molecule has 1 unspecified atom stereocenters. The van der Waals surface area contributed by atoms with Gasteiger partial charge in [0.05, 0.1) is 6.54 Å². The Morgan fingerprint density at radius 3 is 2.95 bits per heavy atom. The van der Waals surface area contributed by atoms with Gasteiger partial charge in [-0.25, -0.2) is 0 Å². The first-order valence-corrected chi connectivity index (χ1v) is 7.05. The van der Waals surface area contributed by atoms with Gasteiger partial charge in [-0.15, -0.1) is 0 Å². The molecule has 0 saturated carbocycles. The maximum absolute atomic E-state index is 11.6. The minimum atomic E-state index is -0.781. The molecule has 106 valence electrons. The van der Waals surface area contributed by atoms with Crippen molar-refractivity contribution < 1.29 is 14.3 Å². The first kappa shape index (κ1) is 13.2. The number of carboxylic acids is 1. The lowest BCUT2D eigenvalue weighted by Gasteiger charge is -2.41. The van der Waals surface area contributed by atoms with Crippen LogP contribution in [-0.2, 0) is 11.3 Å². The number of fused-ring (bicyclic) bond motifs is 1. The molecule has 1 N–H and O–H groups in total. The summed E-state index contributed by atoms with van der Waals surface area (Å²) < 4.78 is 5.81. The van der Waals surface area contributed by atoms with Crippen LogP contribution in [0.25, 0.3) is 11.0 Å². The molecule has 1 aromatic carbocycles. The van der Waals surface area contributed by atoms with Crippen LogP contribution in [0.15, 0.2) is 34.7 Å². The van der Waals surface area contributed by atoms with Gasteiger partial charge in [-0.05, 0) is 44.9 Å². The molecule has 0 bridgehead atoms. The van der Waals surface area contributed by atoms with E-state index >= 15 is 0 Å². The van der Waals surface area contributed by atoms with Crippen molar-refractivity contribution in [2.24, 2.45) is 0 Å². The van der Waals surface area contributed by atoms with Crippen molar-refractivity contribution in [2.75, 3.05) is 6.54 Å². The molecule has 1 fully saturated rings. The van der Waals surface area contributed by atoms with E-state index in [1.54, 1.807) is 0 Å². The SMILES string of the molecule is CC1(C(=O)O)CCCCN1Cc1cc2ccccc2o1. The van der Waals surface area contributed by atoms with Crippen LogP contribution in [0.1, 0.15) is 31.9 Å². The molecule has 0 spiro atoms. The number of carbonyl (C=O) groups is 1. The molecule has 0 radical (unpaired) electrons. The molecule has 2 heterocycles. The van der Waals surface area contributed by atoms with Crippen LogP contribution in [0, 0.1) is 0 Å². The number of hydrogen-bond acceptors (Lipinski definition) is 3. The highest BCUT2D eigenvalue weighted by molar-refractivity contribution is 5.79. The minimum absolute atomic E-state index is 0.553. The Morgan fingerprint density at radius 1 is 1.40 bits per heavy atom. The van der Waals surface area contributed by atoms with Gasteiger partial charge in [0.15, 0.2) is 0 Å². The second-order valence-corrected chi connectivity index (χ2v) is 5.71. The normalized spacial score (nSPS) is 24.1. The number of carboxylic acid groups (broad SMARTS) is 1. The number of furan rings is 1. The third-order valence-corrected chi connectivity index (χ3v) is 4.32. The van der Waals surface area contributed by atoms with Gasteiger partial charge < -0.3 is 9.52 Å². The number of aliphatic carboxylic acids is 1. The van der Waals surface area contributed by atoms with Crippen molar-refractivity contribution in [1.29, 1.82) is 0 Å². The topological polar surface area (TPSA) is 53.7 Å². The third kappa shape index (κ3) is 2.20. The van der Waals surface area contributed by atoms with E-state index in [0.717, 1.165) is 36.1 Å². The van der Waals surface area contributed by atoms with Crippen molar-refractivity contribution in [3.8, 4) is 0 Å². The van der Waals surface area contributed by atoms with E-state index < -0.39 is 11.5 Å². The van der Waals surface area contributed by atoms with E-state index in [-0.39, 0.29) is 0 Å². The molecule has 4 heteroatoms. The maximum atomic E-state index is 11.6. The number of rotatable bonds is 3. The van der Waals surface area contributed by atoms with Gasteiger partial charge in [0, 0.05) is 5.39 Å². The molecule has 4 nitrogen and oxygen atoms in total. The van der Waals surface area contributed by atoms with Gasteiger partial charge >= 0.3 is 5.97 Å². The fraction of sp³-hybridized carbons (Fsp3) is 0.438. The van der Waals surface area contributed by atoms with E-state index in [4.69, 9.17) is 4.42 Å². The van der Waals surface area contributed by atoms with Crippen LogP contribution in [0.3, 0.4) is 0 Å². The second kappa shape index (κ2) is 4.94. The lowest BCUT2D eigenvalue weighted by molar-refractivity contribution is -0.153. The average molecular weight is 273 g/mol. The number of hydrogen-bond donors (Lipinski definition) is 1. The zero-order valence-corrected chi connectivity index (χ0v) is 11.6. The Labute approximate surface area is 118 Å². The zero-order valence-electron chi connectivity index (χ0n) is 11.6. The molecule has 0 amide bonds. The molecule has 1 atom stereocenters. The highest BCUT2D eigenvalue weighted by atomic mass is 16.4. The monoisotopic (exact) mass is 273 g/mol. The highest BCUT2D eigenvalue weighted by Crippen LogP contribution is 2.31. The van der Waals surface area contributed by atoms with Crippen LogP contribution < -0.4 is 0 Å². The molecule has 3 rings (SSSR count). The highest BCUT2D eigenvalue weighted by Gasteiger charge is 2.41. The summed E-state index contributed by atoms with van der Waals surface area (Å²) in [4.78, 5) is 13.6. The van der Waals surface area contributed by atoms with E-state index in [0.29, 0.717) is 13.0 Å². The standard InChI is InChI=1S/C16H19NO3/c1-16(15(18)19)8-4-5-9-17(16)11-13-10-12-6-2-3-7-14(12)20-13/h2-3,6-7,10H,4-5,8-9,11H2,1H3,(H,18,19). The number of piperidine rings is 1. The average Bonchev–Trinajstić information content (AvgIpc) is 2.83. The van der Waals surface area contributed by atoms with Crippen LogP contribution in [-0.4, -0.2) is 28.1 Å². The van der Waals surface area contributed by atoms with Crippen LogP contribution >= 0.6 is 0 Å². The number of likely N-dealkylation sites (tertiary alicyclic amines) is 1. The van der Waals surface area contributed by atoms with Crippen molar-refractivity contribution in [3.05, 3.63) is 36.1 Å². The second-order valence-electron chi connectivity index (χ2n) is 5.71. The molecule has 1 aliphatic rings. The largest absolute Gasteiger partial charge is 0.480 e. The smallest absolute Gasteiger partial charge is 0.323 e. The predicted molar refractivity (Wildman–Crippen MR) is 76.5 cm³/mol. The first-order valence-electron chi connectivity index (χ1n) is 7.05. The molecule has 1 aromatic heterocycles. The summed E-state index contributed by atoms with van der Waals surface area (Å²) in [6.45, 7) is 3.18. The summed E-state index contributed by atoms with van der Waals surface area (Å²) in [7, 11) is 0. The molecule has 20 heavy (non-hydrogen) atoms. The summed E-state index contributed by atoms with van der Waals surface area (Å²) in [6, 6.07) is 9.87. The quantitative estimate of drug-likeness (QED) is 0.932. The molecule has 0 aliphatic carbocycles. The van der Waals surface area contributed by atoms with Gasteiger partial charge in [-0.2, -0.15) is 0 Å². The van der Waals surface area contributed by atoms with E-state index in [2.05, 4.69) is 0 Å². The maximum Gasteiger partial charge on any atom is 0.323 e. The van der Waals surface area contributed by atoms with E-state index in [1.807, 2.05) is 42.2 Å². The molecular formula is C16H19NO3. The predicted octanol–water partition coefficient (Wildman–Crippen LogP) is 3.26. The summed E-state index contributed by atoms with van der Waals surface area (Å²) in [5, 5.41) is 10.6. The summed E-state index contributed by atoms with van der Waals surface area (Å²) in [5.41, 5.74) is 0.0774. The van der Waals surface area contributed by atoms with Gasteiger partial charge in [-0.3, -0.25) is 9.69 Å². The Hall–Kier alpha value is -1.81. The van der Waals surface area contributed by atoms with E-state index in [9.17, 15) is 9.90 Å². The number of para-hydroxylation sites is 1. The molecule has 1 saturated heterocycles. The number of nitrogens with zero attached hydrogens (tertiary/aromatic N) is 1. The van der Waals surface area contributed by atoms with Crippen LogP contribution in [0.2, 0.25) is 0 Å². The van der Waals surface area contributed by atoms with Crippen molar-refractivity contribution in [2.45, 2.75) is 38.3 Å². The summed E-state index contributed by atoms with van der Waals surface area (Å²) >= 11 is 0. The van der Waals surface area contributed by atoms with Crippen LogP contribution in [0.4, 0.5) is 0 Å². The van der Waals surface area contributed by atoms with E-state index in [1.165, 1.54) is 0 Å². The van der Waals surface area contributed by atoms with Crippen molar-refractivity contribution in [3.63, 3.8) is 0 Å². The van der Waals surface area contributed by atoms with Gasteiger partial charge in [0.1, 0.15) is 16.9 Å². The summed E-state index contributed by atoms with van der Waals surface area (Å²) in [6.07, 6.45) is 2.71. The fourth-order valence-electron chi connectivity index (χ4n) is 2.98. The first-order chi connectivity index (χ1) is 9.59. The van der Waals surface area contributed by atoms with Gasteiger partial charge in [-0.1, -0.05) is 18.2 Å². The molecule has 2 aromatic rings. The zero-order chi connectivity index (χ0) is 14.2. The Morgan fingerprint density at radius 2 is 2.20 bits per heavy atom. The molecular weight excluding hydrogens is 254 g/mol. The van der Waals surface area contributed by atoms with Crippen molar-refractivity contribution >= 4 is 16.9 Å².